The lowest BCUT2D eigenvalue weighted by atomic mass is 9.95. The van der Waals surface area contributed by atoms with Crippen molar-refractivity contribution < 1.29 is 0 Å². The number of aromatic nitrogens is 3. The van der Waals surface area contributed by atoms with Crippen LogP contribution in [0.15, 0.2) is 35.2 Å². The maximum Gasteiger partial charge on any atom is 0.244 e. The first-order valence-corrected chi connectivity index (χ1v) is 8.30. The Morgan fingerprint density at radius 2 is 2.19 bits per heavy atom. The predicted octanol–water partition coefficient (Wildman–Crippen LogP) is 2.27. The van der Waals surface area contributed by atoms with Gasteiger partial charge in [0.15, 0.2) is 0 Å². The molecule has 5 nitrogen and oxygen atoms in total. The number of hydrogen-bond acceptors (Lipinski definition) is 5. The number of nitrogens with two attached hydrogens (primary N) is 1. The Morgan fingerprint density at radius 3 is 2.95 bits per heavy atom. The molecule has 1 fully saturated rings. The van der Waals surface area contributed by atoms with E-state index in [1.807, 2.05) is 18.2 Å². The normalized spacial score (nSPS) is 22.5. The fourth-order valence-electron chi connectivity index (χ4n) is 2.44. The quantitative estimate of drug-likeness (QED) is 0.848. The molecule has 0 amide bonds. The van der Waals surface area contributed by atoms with Crippen molar-refractivity contribution in [3.8, 4) is 0 Å². The third-order valence-corrected chi connectivity index (χ3v) is 4.96. The summed E-state index contributed by atoms with van der Waals surface area (Å²) in [5, 5.41) is 7.37. The molecule has 1 aromatic carbocycles. The summed E-state index contributed by atoms with van der Waals surface area (Å²) in [4.78, 5) is 8.01. The van der Waals surface area contributed by atoms with E-state index in [0.717, 1.165) is 37.0 Å². The smallest absolute Gasteiger partial charge is 0.244 e. The van der Waals surface area contributed by atoms with E-state index in [0.29, 0.717) is 5.92 Å². The number of hydrogen-bond donors (Lipinski definition) is 2. The minimum atomic E-state index is 0.208. The van der Waals surface area contributed by atoms with E-state index in [9.17, 15) is 0 Å². The highest BCUT2D eigenvalue weighted by Gasteiger charge is 2.25. The van der Waals surface area contributed by atoms with Crippen LogP contribution in [0.25, 0.3) is 0 Å². The Kier molecular flexibility index (Phi) is 4.45. The molecule has 2 atom stereocenters. The molecule has 3 N–H and O–H groups in total. The SMILES string of the molecule is CC1CCN(c2n[nH]c(CSc3ccccc3)n2)CC1N. The second-order valence-electron chi connectivity index (χ2n) is 5.56. The lowest BCUT2D eigenvalue weighted by Gasteiger charge is -2.34. The van der Waals surface area contributed by atoms with Gasteiger partial charge >= 0.3 is 0 Å². The van der Waals surface area contributed by atoms with Gasteiger partial charge in [0.1, 0.15) is 5.82 Å². The predicted molar refractivity (Wildman–Crippen MR) is 86.4 cm³/mol. The minimum absolute atomic E-state index is 0.208. The molecule has 1 saturated heterocycles. The van der Waals surface area contributed by atoms with Crippen LogP contribution >= 0.6 is 11.8 Å². The Labute approximate surface area is 129 Å². The molecule has 0 bridgehead atoms. The molecular weight excluding hydrogens is 282 g/mol. The second kappa shape index (κ2) is 6.49. The zero-order chi connectivity index (χ0) is 14.7. The van der Waals surface area contributed by atoms with E-state index in [2.05, 4.69) is 39.1 Å². The maximum absolute atomic E-state index is 6.14. The number of aromatic amines is 1. The summed E-state index contributed by atoms with van der Waals surface area (Å²) in [6, 6.07) is 10.5. The number of thioether (sulfide) groups is 1. The second-order valence-corrected chi connectivity index (χ2v) is 6.61. The fourth-order valence-corrected chi connectivity index (χ4v) is 3.22. The van der Waals surface area contributed by atoms with Crippen LogP contribution in [0.4, 0.5) is 5.95 Å². The molecule has 0 saturated carbocycles. The van der Waals surface area contributed by atoms with Gasteiger partial charge in [-0.25, -0.2) is 0 Å². The van der Waals surface area contributed by atoms with Gasteiger partial charge in [0.25, 0.3) is 0 Å². The Morgan fingerprint density at radius 1 is 1.38 bits per heavy atom. The largest absolute Gasteiger partial charge is 0.338 e. The van der Waals surface area contributed by atoms with Crippen molar-refractivity contribution in [2.75, 3.05) is 18.0 Å². The first-order chi connectivity index (χ1) is 10.2. The molecule has 21 heavy (non-hydrogen) atoms. The van der Waals surface area contributed by atoms with E-state index in [4.69, 9.17) is 5.73 Å². The minimum Gasteiger partial charge on any atom is -0.338 e. The summed E-state index contributed by atoms with van der Waals surface area (Å²) in [6.45, 7) is 4.03. The molecule has 3 rings (SSSR count). The van der Waals surface area contributed by atoms with Gasteiger partial charge in [-0.3, -0.25) is 5.10 Å². The van der Waals surface area contributed by atoms with Crippen molar-refractivity contribution >= 4 is 17.7 Å². The highest BCUT2D eigenvalue weighted by atomic mass is 32.2. The molecule has 0 aliphatic carbocycles. The lowest BCUT2D eigenvalue weighted by Crippen LogP contribution is -2.48. The molecule has 0 spiro atoms. The van der Waals surface area contributed by atoms with Crippen molar-refractivity contribution in [3.63, 3.8) is 0 Å². The Bertz CT molecular complexity index is 570. The average Bonchev–Trinajstić information content (AvgIpc) is 2.98. The lowest BCUT2D eigenvalue weighted by molar-refractivity contribution is 0.376. The summed E-state index contributed by atoms with van der Waals surface area (Å²) in [7, 11) is 0. The van der Waals surface area contributed by atoms with Gasteiger partial charge in [0, 0.05) is 24.0 Å². The number of benzene rings is 1. The van der Waals surface area contributed by atoms with Gasteiger partial charge in [-0.05, 0) is 24.5 Å². The number of nitrogens with zero attached hydrogens (tertiary/aromatic N) is 3. The first-order valence-electron chi connectivity index (χ1n) is 7.32. The van der Waals surface area contributed by atoms with Crippen LogP contribution in [0.2, 0.25) is 0 Å². The average molecular weight is 303 g/mol. The molecule has 1 aliphatic heterocycles. The van der Waals surface area contributed by atoms with Gasteiger partial charge in [-0.2, -0.15) is 4.98 Å². The molecular formula is C15H21N5S. The van der Waals surface area contributed by atoms with Gasteiger partial charge in [0.2, 0.25) is 5.95 Å². The number of anilines is 1. The molecule has 1 aliphatic rings. The number of nitrogens with one attached hydrogen (secondary N) is 1. The van der Waals surface area contributed by atoms with Crippen molar-refractivity contribution in [1.29, 1.82) is 0 Å². The van der Waals surface area contributed by atoms with E-state index in [-0.39, 0.29) is 6.04 Å². The van der Waals surface area contributed by atoms with Crippen LogP contribution in [-0.4, -0.2) is 34.3 Å². The van der Waals surface area contributed by atoms with Gasteiger partial charge in [-0.15, -0.1) is 16.9 Å². The van der Waals surface area contributed by atoms with E-state index in [1.165, 1.54) is 4.90 Å². The number of H-pyrrole nitrogens is 1. The molecule has 2 heterocycles. The molecule has 112 valence electrons. The third kappa shape index (κ3) is 3.57. The van der Waals surface area contributed by atoms with Crippen LogP contribution in [-0.2, 0) is 5.75 Å². The highest BCUT2D eigenvalue weighted by Crippen LogP contribution is 2.23. The Balaban J connectivity index is 1.59. The van der Waals surface area contributed by atoms with Crippen LogP contribution in [0, 0.1) is 5.92 Å². The highest BCUT2D eigenvalue weighted by molar-refractivity contribution is 7.98. The van der Waals surface area contributed by atoms with E-state index < -0.39 is 0 Å². The first kappa shape index (κ1) is 14.4. The van der Waals surface area contributed by atoms with Gasteiger partial charge in [-0.1, -0.05) is 25.1 Å². The van der Waals surface area contributed by atoms with Crippen molar-refractivity contribution in [1.82, 2.24) is 15.2 Å². The van der Waals surface area contributed by atoms with Crippen LogP contribution in [0.5, 0.6) is 0 Å². The summed E-state index contributed by atoms with van der Waals surface area (Å²) in [6.07, 6.45) is 1.10. The summed E-state index contributed by atoms with van der Waals surface area (Å²) >= 11 is 1.76. The third-order valence-electron chi connectivity index (χ3n) is 3.94. The Hall–Kier alpha value is -1.53. The van der Waals surface area contributed by atoms with Crippen LogP contribution in [0.1, 0.15) is 19.2 Å². The van der Waals surface area contributed by atoms with Crippen molar-refractivity contribution in [2.45, 2.75) is 30.0 Å². The van der Waals surface area contributed by atoms with Crippen LogP contribution in [0.3, 0.4) is 0 Å². The fraction of sp³-hybridized carbons (Fsp3) is 0.467. The zero-order valence-electron chi connectivity index (χ0n) is 12.2. The maximum atomic E-state index is 6.14. The van der Waals surface area contributed by atoms with Crippen molar-refractivity contribution in [2.24, 2.45) is 11.7 Å². The van der Waals surface area contributed by atoms with E-state index >= 15 is 0 Å². The molecule has 2 aromatic rings. The van der Waals surface area contributed by atoms with Crippen LogP contribution < -0.4 is 10.6 Å². The van der Waals surface area contributed by atoms with Gasteiger partial charge < -0.3 is 10.6 Å². The monoisotopic (exact) mass is 303 g/mol. The standard InChI is InChI=1S/C15H21N5S/c1-11-7-8-20(9-13(11)16)15-17-14(18-19-15)10-21-12-5-3-2-4-6-12/h2-6,11,13H,7-10,16H2,1H3,(H,17,18,19). The molecule has 6 heteroatoms. The number of rotatable bonds is 4. The summed E-state index contributed by atoms with van der Waals surface area (Å²) < 4.78 is 0. The molecule has 2 unspecified atom stereocenters. The zero-order valence-corrected chi connectivity index (χ0v) is 13.0. The van der Waals surface area contributed by atoms with E-state index in [1.54, 1.807) is 11.8 Å². The van der Waals surface area contributed by atoms with Gasteiger partial charge in [0.05, 0.1) is 5.75 Å². The molecule has 1 aromatic heterocycles. The summed E-state index contributed by atoms with van der Waals surface area (Å²) in [5.41, 5.74) is 6.14. The summed E-state index contributed by atoms with van der Waals surface area (Å²) in [5.74, 6) is 3.06. The number of piperidine rings is 1. The topological polar surface area (TPSA) is 70.8 Å². The molecule has 0 radical (unpaired) electrons. The van der Waals surface area contributed by atoms with Crippen molar-refractivity contribution in [3.05, 3.63) is 36.2 Å².